The van der Waals surface area contributed by atoms with Gasteiger partial charge in [-0.2, -0.15) is 0 Å². The van der Waals surface area contributed by atoms with Crippen LogP contribution in [0.2, 0.25) is 0 Å². The van der Waals surface area contributed by atoms with Crippen LogP contribution in [0.3, 0.4) is 0 Å². The van der Waals surface area contributed by atoms with Gasteiger partial charge in [0.2, 0.25) is 0 Å². The number of aromatic nitrogens is 1. The van der Waals surface area contributed by atoms with Crippen LogP contribution in [0.25, 0.3) is 11.3 Å². The van der Waals surface area contributed by atoms with Gasteiger partial charge >= 0.3 is 0 Å². The summed E-state index contributed by atoms with van der Waals surface area (Å²) < 4.78 is 0. The largest absolute Gasteiger partial charge is 0.384 e. The van der Waals surface area contributed by atoms with Gasteiger partial charge in [0.15, 0.2) is 0 Å². The molecule has 1 N–H and O–H groups in total. The molecule has 0 fully saturated rings. The molecule has 0 spiro atoms. The van der Waals surface area contributed by atoms with E-state index in [0.717, 1.165) is 25.1 Å². The third kappa shape index (κ3) is 2.57. The molecule has 0 saturated carbocycles. The highest BCUT2D eigenvalue weighted by molar-refractivity contribution is 7.10. The molecular formula is C18H16N2S. The van der Waals surface area contributed by atoms with Crippen LogP contribution in [0.15, 0.2) is 53.9 Å². The average molecular weight is 292 g/mol. The Hall–Kier alpha value is -2.13. The van der Waals surface area contributed by atoms with Gasteiger partial charge in [0, 0.05) is 29.6 Å². The fraction of sp³-hybridized carbons (Fsp3) is 0.167. The highest BCUT2D eigenvalue weighted by Gasteiger charge is 2.11. The molecule has 1 aromatic heterocycles. The van der Waals surface area contributed by atoms with Crippen LogP contribution in [0.4, 0.5) is 5.69 Å². The van der Waals surface area contributed by atoms with Crippen molar-refractivity contribution in [2.45, 2.75) is 12.8 Å². The first-order valence-corrected chi connectivity index (χ1v) is 8.12. The minimum atomic E-state index is 0.909. The van der Waals surface area contributed by atoms with Crippen molar-refractivity contribution in [2.24, 2.45) is 0 Å². The monoisotopic (exact) mass is 292 g/mol. The predicted octanol–water partition coefficient (Wildman–Crippen LogP) is 4.37. The summed E-state index contributed by atoms with van der Waals surface area (Å²) in [6, 6.07) is 17.1. The number of thiazole rings is 1. The molecule has 21 heavy (non-hydrogen) atoms. The standard InChI is InChI=1S/C18H16N2S/c1-2-4-14(5-3-1)17-12-21-18(20-17)11-13-6-7-15-8-9-19-16(15)10-13/h1-7,10,12,19H,8-9,11H2. The molecule has 0 aliphatic carbocycles. The lowest BCUT2D eigenvalue weighted by Gasteiger charge is -2.03. The Morgan fingerprint density at radius 2 is 2.00 bits per heavy atom. The summed E-state index contributed by atoms with van der Waals surface area (Å²) in [5.41, 5.74) is 6.33. The summed E-state index contributed by atoms with van der Waals surface area (Å²) in [4.78, 5) is 4.77. The molecule has 1 aliphatic heterocycles. The number of nitrogens with one attached hydrogen (secondary N) is 1. The summed E-state index contributed by atoms with van der Waals surface area (Å²) >= 11 is 1.74. The quantitative estimate of drug-likeness (QED) is 0.775. The first-order valence-electron chi connectivity index (χ1n) is 7.24. The van der Waals surface area contributed by atoms with Crippen LogP contribution in [-0.4, -0.2) is 11.5 Å². The molecule has 0 radical (unpaired) electrons. The second kappa shape index (κ2) is 5.34. The highest BCUT2D eigenvalue weighted by Crippen LogP contribution is 2.27. The van der Waals surface area contributed by atoms with Crippen LogP contribution in [0.1, 0.15) is 16.1 Å². The minimum absolute atomic E-state index is 0.909. The predicted molar refractivity (Wildman–Crippen MR) is 89.0 cm³/mol. The fourth-order valence-corrected chi connectivity index (χ4v) is 3.59. The van der Waals surface area contributed by atoms with Crippen molar-refractivity contribution >= 4 is 17.0 Å². The second-order valence-corrected chi connectivity index (χ2v) is 6.28. The Morgan fingerprint density at radius 1 is 1.10 bits per heavy atom. The van der Waals surface area contributed by atoms with Crippen LogP contribution in [0.5, 0.6) is 0 Å². The smallest absolute Gasteiger partial charge is 0.0976 e. The summed E-state index contributed by atoms with van der Waals surface area (Å²) in [6.07, 6.45) is 2.05. The third-order valence-electron chi connectivity index (χ3n) is 3.86. The van der Waals surface area contributed by atoms with Crippen molar-refractivity contribution in [3.05, 3.63) is 70.0 Å². The van der Waals surface area contributed by atoms with E-state index in [2.05, 4.69) is 53.2 Å². The van der Waals surface area contributed by atoms with Crippen molar-refractivity contribution in [3.8, 4) is 11.3 Å². The average Bonchev–Trinajstić information content (AvgIpc) is 3.17. The molecule has 0 saturated heterocycles. The van der Waals surface area contributed by atoms with Gasteiger partial charge < -0.3 is 5.32 Å². The normalized spacial score (nSPS) is 13.0. The lowest BCUT2D eigenvalue weighted by atomic mass is 10.1. The van der Waals surface area contributed by atoms with Gasteiger partial charge in [-0.1, -0.05) is 42.5 Å². The lowest BCUT2D eigenvalue weighted by molar-refractivity contribution is 1.10. The lowest BCUT2D eigenvalue weighted by Crippen LogP contribution is -1.92. The van der Waals surface area contributed by atoms with Crippen molar-refractivity contribution in [1.29, 1.82) is 0 Å². The minimum Gasteiger partial charge on any atom is -0.384 e. The first-order chi connectivity index (χ1) is 10.4. The maximum absolute atomic E-state index is 4.77. The molecule has 2 heterocycles. The highest BCUT2D eigenvalue weighted by atomic mass is 32.1. The maximum Gasteiger partial charge on any atom is 0.0976 e. The van der Waals surface area contributed by atoms with E-state index in [4.69, 9.17) is 4.98 Å². The van der Waals surface area contributed by atoms with Gasteiger partial charge in [0.05, 0.1) is 10.7 Å². The Bertz CT molecular complexity index is 762. The molecule has 2 aromatic carbocycles. The van der Waals surface area contributed by atoms with Crippen molar-refractivity contribution in [1.82, 2.24) is 4.98 Å². The van der Waals surface area contributed by atoms with E-state index in [1.807, 2.05) is 6.07 Å². The third-order valence-corrected chi connectivity index (χ3v) is 4.71. The number of hydrogen-bond acceptors (Lipinski definition) is 3. The van der Waals surface area contributed by atoms with E-state index < -0.39 is 0 Å². The zero-order chi connectivity index (χ0) is 14.1. The van der Waals surface area contributed by atoms with Crippen LogP contribution < -0.4 is 5.32 Å². The molecule has 0 atom stereocenters. The summed E-state index contributed by atoms with van der Waals surface area (Å²) in [5.74, 6) is 0. The van der Waals surface area contributed by atoms with E-state index >= 15 is 0 Å². The number of rotatable bonds is 3. The summed E-state index contributed by atoms with van der Waals surface area (Å²) in [6.45, 7) is 1.06. The molecular weight excluding hydrogens is 276 g/mol. The number of anilines is 1. The van der Waals surface area contributed by atoms with Gasteiger partial charge in [-0.25, -0.2) is 4.98 Å². The van der Waals surface area contributed by atoms with Gasteiger partial charge in [0.1, 0.15) is 0 Å². The molecule has 4 rings (SSSR count). The molecule has 0 bridgehead atoms. The van der Waals surface area contributed by atoms with Crippen LogP contribution >= 0.6 is 11.3 Å². The Labute approximate surface area is 128 Å². The molecule has 2 nitrogen and oxygen atoms in total. The number of nitrogens with zero attached hydrogens (tertiary/aromatic N) is 1. The van der Waals surface area contributed by atoms with Gasteiger partial charge in [0.25, 0.3) is 0 Å². The van der Waals surface area contributed by atoms with Crippen LogP contribution in [0, 0.1) is 0 Å². The summed E-state index contributed by atoms with van der Waals surface area (Å²) in [7, 11) is 0. The summed E-state index contributed by atoms with van der Waals surface area (Å²) in [5, 5.41) is 6.76. The Kier molecular flexibility index (Phi) is 3.20. The molecule has 0 amide bonds. The zero-order valence-electron chi connectivity index (χ0n) is 11.7. The van der Waals surface area contributed by atoms with Crippen molar-refractivity contribution in [3.63, 3.8) is 0 Å². The van der Waals surface area contributed by atoms with Gasteiger partial charge in [-0.15, -0.1) is 11.3 Å². The first kappa shape index (κ1) is 12.6. The van der Waals surface area contributed by atoms with E-state index in [1.165, 1.54) is 27.4 Å². The van der Waals surface area contributed by atoms with E-state index in [1.54, 1.807) is 11.3 Å². The van der Waals surface area contributed by atoms with Crippen LogP contribution in [-0.2, 0) is 12.8 Å². The second-order valence-electron chi connectivity index (χ2n) is 5.34. The molecule has 104 valence electrons. The van der Waals surface area contributed by atoms with E-state index in [0.29, 0.717) is 0 Å². The number of fused-ring (bicyclic) bond motifs is 1. The Morgan fingerprint density at radius 3 is 2.90 bits per heavy atom. The number of benzene rings is 2. The zero-order valence-corrected chi connectivity index (χ0v) is 12.5. The number of hydrogen-bond donors (Lipinski definition) is 1. The fourth-order valence-electron chi connectivity index (χ4n) is 2.76. The van der Waals surface area contributed by atoms with Crippen molar-refractivity contribution in [2.75, 3.05) is 11.9 Å². The molecule has 3 aromatic rings. The van der Waals surface area contributed by atoms with E-state index in [-0.39, 0.29) is 0 Å². The van der Waals surface area contributed by atoms with Gasteiger partial charge in [-0.3, -0.25) is 0 Å². The maximum atomic E-state index is 4.77. The van der Waals surface area contributed by atoms with E-state index in [9.17, 15) is 0 Å². The van der Waals surface area contributed by atoms with Crippen molar-refractivity contribution < 1.29 is 0 Å². The Balaban J connectivity index is 1.57. The molecule has 3 heteroatoms. The topological polar surface area (TPSA) is 24.9 Å². The molecule has 0 unspecified atom stereocenters. The van der Waals surface area contributed by atoms with Gasteiger partial charge in [-0.05, 0) is 23.6 Å². The SMILES string of the molecule is c1ccc(-c2csc(Cc3ccc4c(c3)NCC4)n2)cc1. The molecule has 1 aliphatic rings.